The molecule has 8 heteroatoms. The molecule has 0 aliphatic carbocycles. The number of amides is 1. The molecule has 2 aromatic carbocycles. The molecule has 3 aromatic rings. The zero-order chi connectivity index (χ0) is 21.3. The van der Waals surface area contributed by atoms with Crippen LogP contribution < -0.4 is 0 Å². The highest BCUT2D eigenvalue weighted by atomic mass is 79.9. The average Bonchev–Trinajstić information content (AvgIpc) is 3.28. The van der Waals surface area contributed by atoms with Gasteiger partial charge in [-0.05, 0) is 55.0 Å². The lowest BCUT2D eigenvalue weighted by atomic mass is 10.1. The van der Waals surface area contributed by atoms with Gasteiger partial charge in [0.2, 0.25) is 10.0 Å². The lowest BCUT2D eigenvalue weighted by molar-refractivity contribution is 0.0698. The summed E-state index contributed by atoms with van der Waals surface area (Å²) in [6.45, 7) is 3.28. The van der Waals surface area contributed by atoms with Crippen molar-refractivity contribution in [2.45, 2.75) is 11.8 Å². The molecule has 0 N–H and O–H groups in total. The Labute approximate surface area is 184 Å². The van der Waals surface area contributed by atoms with Crippen molar-refractivity contribution in [3.8, 4) is 5.69 Å². The van der Waals surface area contributed by atoms with Crippen molar-refractivity contribution in [1.29, 1.82) is 0 Å². The Morgan fingerprint density at radius 3 is 2.30 bits per heavy atom. The largest absolute Gasteiger partial charge is 0.336 e. The number of halogens is 1. The molecule has 0 saturated carbocycles. The highest BCUT2D eigenvalue weighted by Crippen LogP contribution is 2.22. The number of piperazine rings is 1. The van der Waals surface area contributed by atoms with Gasteiger partial charge in [-0.15, -0.1) is 0 Å². The van der Waals surface area contributed by atoms with Gasteiger partial charge >= 0.3 is 0 Å². The fraction of sp³-hybridized carbons (Fsp3) is 0.227. The van der Waals surface area contributed by atoms with Gasteiger partial charge in [-0.25, -0.2) is 8.42 Å². The number of carbonyl (C=O) groups is 1. The second kappa shape index (κ2) is 8.37. The number of hydrogen-bond donors (Lipinski definition) is 0. The molecule has 1 amide bonds. The summed E-state index contributed by atoms with van der Waals surface area (Å²) in [6.07, 6.45) is 3.89. The van der Waals surface area contributed by atoms with Crippen molar-refractivity contribution < 1.29 is 13.2 Å². The number of aromatic nitrogens is 1. The third kappa shape index (κ3) is 4.08. The Morgan fingerprint density at radius 1 is 0.933 bits per heavy atom. The molecule has 1 aliphatic rings. The molecule has 1 saturated heterocycles. The van der Waals surface area contributed by atoms with Crippen LogP contribution in [-0.4, -0.2) is 54.3 Å². The van der Waals surface area contributed by atoms with Crippen LogP contribution in [0.4, 0.5) is 0 Å². The van der Waals surface area contributed by atoms with Crippen LogP contribution in [0, 0.1) is 6.92 Å². The van der Waals surface area contributed by atoms with Gasteiger partial charge in [-0.3, -0.25) is 4.79 Å². The normalized spacial score (nSPS) is 15.3. The number of sulfonamides is 1. The number of nitrogens with zero attached hydrogens (tertiary/aromatic N) is 3. The van der Waals surface area contributed by atoms with Crippen molar-refractivity contribution in [3.05, 3.63) is 82.6 Å². The first kappa shape index (κ1) is 20.8. The van der Waals surface area contributed by atoms with E-state index >= 15 is 0 Å². The van der Waals surface area contributed by atoms with E-state index in [0.29, 0.717) is 18.7 Å². The summed E-state index contributed by atoms with van der Waals surface area (Å²) >= 11 is 3.32. The molecule has 1 aromatic heterocycles. The molecule has 1 fully saturated rings. The second-order valence-corrected chi connectivity index (χ2v) is 10.1. The minimum atomic E-state index is -3.58. The summed E-state index contributed by atoms with van der Waals surface area (Å²) in [6, 6.07) is 16.2. The van der Waals surface area contributed by atoms with E-state index in [4.69, 9.17) is 0 Å². The van der Waals surface area contributed by atoms with Crippen LogP contribution in [0.1, 0.15) is 15.9 Å². The predicted molar refractivity (Wildman–Crippen MR) is 119 cm³/mol. The summed E-state index contributed by atoms with van der Waals surface area (Å²) in [5, 5.41) is 0. The fourth-order valence-electron chi connectivity index (χ4n) is 3.61. The summed E-state index contributed by atoms with van der Waals surface area (Å²) < 4.78 is 29.9. The van der Waals surface area contributed by atoms with Gasteiger partial charge in [0.1, 0.15) is 0 Å². The zero-order valence-corrected chi connectivity index (χ0v) is 18.9. The molecule has 1 aliphatic heterocycles. The molecule has 0 bridgehead atoms. The van der Waals surface area contributed by atoms with Gasteiger partial charge in [-0.1, -0.05) is 28.1 Å². The van der Waals surface area contributed by atoms with Gasteiger partial charge in [0.25, 0.3) is 5.91 Å². The summed E-state index contributed by atoms with van der Waals surface area (Å²) in [4.78, 5) is 15.0. The number of carbonyl (C=O) groups excluding carboxylic acids is 1. The Balaban J connectivity index is 1.48. The Bertz CT molecular complexity index is 1170. The van der Waals surface area contributed by atoms with Crippen molar-refractivity contribution in [2.24, 2.45) is 0 Å². The molecular weight excluding hydrogens is 466 g/mol. The molecular formula is C22H22BrN3O3S. The first-order valence-electron chi connectivity index (χ1n) is 9.65. The molecule has 4 rings (SSSR count). The maximum Gasteiger partial charge on any atom is 0.254 e. The van der Waals surface area contributed by atoms with E-state index in [1.54, 1.807) is 29.2 Å². The van der Waals surface area contributed by atoms with E-state index < -0.39 is 10.0 Å². The van der Waals surface area contributed by atoms with E-state index in [0.717, 1.165) is 15.7 Å². The van der Waals surface area contributed by atoms with Gasteiger partial charge < -0.3 is 9.47 Å². The SMILES string of the molecule is Cc1ccc(C(=O)N2CCN(S(=O)(=O)c3cccc(Br)c3)CC2)cc1-n1cccc1. The maximum atomic E-state index is 13.0. The number of aryl methyl sites for hydroxylation is 1. The minimum Gasteiger partial charge on any atom is -0.336 e. The smallest absolute Gasteiger partial charge is 0.254 e. The van der Waals surface area contributed by atoms with Crippen LogP contribution in [-0.2, 0) is 10.0 Å². The van der Waals surface area contributed by atoms with Crippen LogP contribution in [0.5, 0.6) is 0 Å². The molecule has 6 nitrogen and oxygen atoms in total. The van der Waals surface area contributed by atoms with Crippen LogP contribution in [0.3, 0.4) is 0 Å². The highest BCUT2D eigenvalue weighted by Gasteiger charge is 2.30. The Hall–Kier alpha value is -2.42. The van der Waals surface area contributed by atoms with Gasteiger partial charge in [0.15, 0.2) is 0 Å². The van der Waals surface area contributed by atoms with Crippen LogP contribution in [0.25, 0.3) is 5.69 Å². The molecule has 156 valence electrons. The van der Waals surface area contributed by atoms with Crippen LogP contribution >= 0.6 is 15.9 Å². The monoisotopic (exact) mass is 487 g/mol. The fourth-order valence-corrected chi connectivity index (χ4v) is 5.63. The second-order valence-electron chi connectivity index (χ2n) is 7.25. The lowest BCUT2D eigenvalue weighted by Gasteiger charge is -2.34. The molecule has 0 unspecified atom stereocenters. The number of rotatable bonds is 4. The minimum absolute atomic E-state index is 0.0806. The van der Waals surface area contributed by atoms with E-state index in [9.17, 15) is 13.2 Å². The number of hydrogen-bond acceptors (Lipinski definition) is 3. The van der Waals surface area contributed by atoms with Crippen molar-refractivity contribution in [1.82, 2.24) is 13.8 Å². The van der Waals surface area contributed by atoms with Crippen molar-refractivity contribution in [2.75, 3.05) is 26.2 Å². The van der Waals surface area contributed by atoms with E-state index in [-0.39, 0.29) is 23.9 Å². The van der Waals surface area contributed by atoms with Crippen molar-refractivity contribution in [3.63, 3.8) is 0 Å². The van der Waals surface area contributed by atoms with Crippen molar-refractivity contribution >= 4 is 31.9 Å². The first-order chi connectivity index (χ1) is 14.4. The van der Waals surface area contributed by atoms with Gasteiger partial charge in [-0.2, -0.15) is 4.31 Å². The third-order valence-electron chi connectivity index (χ3n) is 5.30. The Kier molecular flexibility index (Phi) is 5.81. The summed E-state index contributed by atoms with van der Waals surface area (Å²) in [7, 11) is -3.58. The molecule has 0 radical (unpaired) electrons. The average molecular weight is 488 g/mol. The highest BCUT2D eigenvalue weighted by molar-refractivity contribution is 9.10. The molecule has 2 heterocycles. The van der Waals surface area contributed by atoms with E-state index in [1.807, 2.05) is 54.2 Å². The number of benzene rings is 2. The molecule has 30 heavy (non-hydrogen) atoms. The predicted octanol–water partition coefficient (Wildman–Crippen LogP) is 3.69. The molecule has 0 atom stereocenters. The summed E-state index contributed by atoms with van der Waals surface area (Å²) in [5.74, 6) is -0.0806. The summed E-state index contributed by atoms with van der Waals surface area (Å²) in [5.41, 5.74) is 2.64. The van der Waals surface area contributed by atoms with Crippen LogP contribution in [0.15, 0.2) is 76.4 Å². The standard InChI is InChI=1S/C22H22BrN3O3S/c1-17-7-8-18(15-21(17)24-9-2-3-10-24)22(27)25-11-13-26(14-12-25)30(28,29)20-6-4-5-19(23)16-20/h2-10,15-16H,11-14H2,1H3. The Morgan fingerprint density at radius 2 is 1.63 bits per heavy atom. The zero-order valence-electron chi connectivity index (χ0n) is 16.5. The molecule has 0 spiro atoms. The van der Waals surface area contributed by atoms with E-state index in [1.165, 1.54) is 4.31 Å². The lowest BCUT2D eigenvalue weighted by Crippen LogP contribution is -2.50. The van der Waals surface area contributed by atoms with Gasteiger partial charge in [0, 0.05) is 54.3 Å². The maximum absolute atomic E-state index is 13.0. The van der Waals surface area contributed by atoms with E-state index in [2.05, 4.69) is 15.9 Å². The topological polar surface area (TPSA) is 62.6 Å². The first-order valence-corrected chi connectivity index (χ1v) is 11.9. The third-order valence-corrected chi connectivity index (χ3v) is 7.69. The van der Waals surface area contributed by atoms with Crippen LogP contribution in [0.2, 0.25) is 0 Å². The van der Waals surface area contributed by atoms with Gasteiger partial charge in [0.05, 0.1) is 4.90 Å². The quantitative estimate of drug-likeness (QED) is 0.563.